The number of hydrogen-bond acceptors (Lipinski definition) is 3. The maximum Gasteiger partial charge on any atom is 0.417 e. The van der Waals surface area contributed by atoms with Gasteiger partial charge in [0.15, 0.2) is 0 Å². The second kappa shape index (κ2) is 6.23. The molecule has 1 aromatic rings. The Morgan fingerprint density at radius 2 is 2.05 bits per heavy atom. The highest BCUT2D eigenvalue weighted by Gasteiger charge is 2.38. The lowest BCUT2D eigenvalue weighted by Crippen LogP contribution is -2.45. The molecule has 2 N–H and O–H groups in total. The molecular formula is C12H14BrF3N2O2S. The monoisotopic (exact) mass is 386 g/mol. The Kier molecular flexibility index (Phi) is 4.96. The number of piperidine rings is 1. The topological polar surface area (TPSA) is 58.2 Å². The van der Waals surface area contributed by atoms with Crippen molar-refractivity contribution in [2.75, 3.05) is 13.1 Å². The van der Waals surface area contributed by atoms with Gasteiger partial charge in [-0.3, -0.25) is 0 Å². The zero-order valence-electron chi connectivity index (χ0n) is 10.9. The van der Waals surface area contributed by atoms with Crippen LogP contribution in [0.2, 0.25) is 0 Å². The molecule has 0 bridgehead atoms. The third kappa shape index (κ3) is 4.18. The first kappa shape index (κ1) is 16.7. The summed E-state index contributed by atoms with van der Waals surface area (Å²) in [6, 6.07) is 2.62. The van der Waals surface area contributed by atoms with Crippen LogP contribution >= 0.6 is 15.9 Å². The molecule has 1 unspecified atom stereocenters. The van der Waals surface area contributed by atoms with E-state index >= 15 is 0 Å². The maximum atomic E-state index is 13.0. The van der Waals surface area contributed by atoms with E-state index in [0.717, 1.165) is 25.1 Å². The number of sulfonamides is 1. The van der Waals surface area contributed by atoms with Gasteiger partial charge < -0.3 is 5.32 Å². The Morgan fingerprint density at radius 3 is 2.62 bits per heavy atom. The first-order valence-electron chi connectivity index (χ1n) is 6.30. The molecule has 1 aliphatic heterocycles. The Labute approximate surface area is 129 Å². The smallest absolute Gasteiger partial charge is 0.315 e. The van der Waals surface area contributed by atoms with Gasteiger partial charge in [0.05, 0.1) is 10.5 Å². The summed E-state index contributed by atoms with van der Waals surface area (Å²) in [6.45, 7) is 1.20. The minimum Gasteiger partial charge on any atom is -0.315 e. The molecule has 9 heteroatoms. The van der Waals surface area contributed by atoms with E-state index in [1.807, 2.05) is 0 Å². The Hall–Kier alpha value is -0.640. The van der Waals surface area contributed by atoms with Crippen LogP contribution in [0.25, 0.3) is 0 Å². The van der Waals surface area contributed by atoms with Crippen LogP contribution in [-0.4, -0.2) is 27.5 Å². The average Bonchev–Trinajstić information content (AvgIpc) is 2.38. The van der Waals surface area contributed by atoms with Crippen LogP contribution in [0.15, 0.2) is 27.6 Å². The minimum absolute atomic E-state index is 0.174. The van der Waals surface area contributed by atoms with Crippen molar-refractivity contribution in [3.05, 3.63) is 28.2 Å². The predicted molar refractivity (Wildman–Crippen MR) is 75.4 cm³/mol. The molecule has 0 aromatic heterocycles. The van der Waals surface area contributed by atoms with E-state index in [4.69, 9.17) is 0 Å². The van der Waals surface area contributed by atoms with Gasteiger partial charge in [0.2, 0.25) is 10.0 Å². The van der Waals surface area contributed by atoms with Gasteiger partial charge in [0.25, 0.3) is 0 Å². The van der Waals surface area contributed by atoms with Gasteiger partial charge >= 0.3 is 6.18 Å². The lowest BCUT2D eigenvalue weighted by atomic mass is 10.1. The molecule has 1 atom stereocenters. The second-order valence-corrected chi connectivity index (χ2v) is 7.40. The minimum atomic E-state index is -4.74. The highest BCUT2D eigenvalue weighted by atomic mass is 79.9. The summed E-state index contributed by atoms with van der Waals surface area (Å²) in [5, 5.41) is 3.01. The molecule has 0 spiro atoms. The van der Waals surface area contributed by atoms with Gasteiger partial charge in [0, 0.05) is 17.1 Å². The second-order valence-electron chi connectivity index (χ2n) is 4.80. The summed E-state index contributed by atoms with van der Waals surface area (Å²) >= 11 is 2.93. The summed E-state index contributed by atoms with van der Waals surface area (Å²) in [5.74, 6) is 0. The largest absolute Gasteiger partial charge is 0.417 e. The first-order valence-corrected chi connectivity index (χ1v) is 8.57. The number of halogens is 4. The molecule has 4 nitrogen and oxygen atoms in total. The molecule has 0 aliphatic carbocycles. The van der Waals surface area contributed by atoms with Crippen molar-refractivity contribution in [3.8, 4) is 0 Å². The lowest BCUT2D eigenvalue weighted by molar-refractivity contribution is -0.139. The van der Waals surface area contributed by atoms with Crippen LogP contribution in [0.3, 0.4) is 0 Å². The summed E-state index contributed by atoms with van der Waals surface area (Å²) in [5.41, 5.74) is -1.17. The number of hydrogen-bond donors (Lipinski definition) is 2. The van der Waals surface area contributed by atoms with Gasteiger partial charge in [-0.25, -0.2) is 13.1 Å². The van der Waals surface area contributed by atoms with Crippen LogP contribution in [-0.2, 0) is 16.2 Å². The molecule has 21 heavy (non-hydrogen) atoms. The normalized spacial score (nSPS) is 20.5. The van der Waals surface area contributed by atoms with Crippen molar-refractivity contribution < 1.29 is 21.6 Å². The van der Waals surface area contributed by atoms with E-state index < -0.39 is 32.7 Å². The first-order chi connectivity index (χ1) is 9.70. The number of benzene rings is 1. The van der Waals surface area contributed by atoms with Gasteiger partial charge in [-0.2, -0.15) is 13.2 Å². The van der Waals surface area contributed by atoms with Crippen LogP contribution < -0.4 is 10.0 Å². The fourth-order valence-electron chi connectivity index (χ4n) is 2.19. The molecule has 0 saturated carbocycles. The van der Waals surface area contributed by atoms with Crippen molar-refractivity contribution >= 4 is 26.0 Å². The fourth-order valence-corrected chi connectivity index (χ4v) is 4.03. The Morgan fingerprint density at radius 1 is 1.33 bits per heavy atom. The highest BCUT2D eigenvalue weighted by molar-refractivity contribution is 9.10. The van der Waals surface area contributed by atoms with Crippen LogP contribution in [0.5, 0.6) is 0 Å². The van der Waals surface area contributed by atoms with E-state index in [9.17, 15) is 21.6 Å². The Balaban J connectivity index is 2.35. The van der Waals surface area contributed by atoms with Crippen LogP contribution in [0.1, 0.15) is 18.4 Å². The predicted octanol–water partition coefficient (Wildman–Crippen LogP) is 2.50. The zero-order valence-corrected chi connectivity index (χ0v) is 13.3. The maximum absolute atomic E-state index is 13.0. The standard InChI is InChI=1S/C12H14BrF3N2O2S/c13-8-3-4-11(10(6-8)12(14,15)16)21(19,20)18-9-2-1-5-17-7-9/h3-4,6,9,17-18H,1-2,5,7H2. The fraction of sp³-hybridized carbons (Fsp3) is 0.500. The van der Waals surface area contributed by atoms with E-state index in [2.05, 4.69) is 26.0 Å². The van der Waals surface area contributed by atoms with Crippen molar-refractivity contribution in [3.63, 3.8) is 0 Å². The number of rotatable bonds is 3. The van der Waals surface area contributed by atoms with E-state index in [1.165, 1.54) is 6.07 Å². The highest BCUT2D eigenvalue weighted by Crippen LogP contribution is 2.36. The van der Waals surface area contributed by atoms with E-state index in [1.54, 1.807) is 0 Å². The van der Waals surface area contributed by atoms with Crippen LogP contribution in [0, 0.1) is 0 Å². The summed E-state index contributed by atoms with van der Waals surface area (Å²) in [6.07, 6.45) is -3.36. The number of alkyl halides is 3. The van der Waals surface area contributed by atoms with E-state index in [-0.39, 0.29) is 4.47 Å². The van der Waals surface area contributed by atoms with Crippen molar-refractivity contribution in [1.82, 2.24) is 10.0 Å². The van der Waals surface area contributed by atoms with Gasteiger partial charge in [-0.05, 0) is 37.6 Å². The molecule has 1 fully saturated rings. The van der Waals surface area contributed by atoms with Crippen molar-refractivity contribution in [2.45, 2.75) is 30.0 Å². The van der Waals surface area contributed by atoms with Crippen molar-refractivity contribution in [2.24, 2.45) is 0 Å². The van der Waals surface area contributed by atoms with Gasteiger partial charge in [-0.1, -0.05) is 15.9 Å². The van der Waals surface area contributed by atoms with Crippen molar-refractivity contribution in [1.29, 1.82) is 0 Å². The summed E-state index contributed by atoms with van der Waals surface area (Å²) in [4.78, 5) is -0.747. The third-order valence-electron chi connectivity index (χ3n) is 3.16. The van der Waals surface area contributed by atoms with E-state index in [0.29, 0.717) is 13.0 Å². The SMILES string of the molecule is O=S(=O)(NC1CCCNC1)c1ccc(Br)cc1C(F)(F)F. The molecule has 0 amide bonds. The molecule has 1 saturated heterocycles. The molecule has 1 aromatic carbocycles. The summed E-state index contributed by atoms with van der Waals surface area (Å²) in [7, 11) is -4.22. The van der Waals surface area contributed by atoms with Gasteiger partial charge in [0.1, 0.15) is 0 Å². The molecular weight excluding hydrogens is 373 g/mol. The lowest BCUT2D eigenvalue weighted by Gasteiger charge is -2.24. The molecule has 1 heterocycles. The average molecular weight is 387 g/mol. The van der Waals surface area contributed by atoms with Gasteiger partial charge in [-0.15, -0.1) is 0 Å². The Bertz CT molecular complexity index is 613. The zero-order chi connectivity index (χ0) is 15.7. The molecule has 118 valence electrons. The number of nitrogens with one attached hydrogen (secondary N) is 2. The molecule has 2 rings (SSSR count). The molecule has 1 aliphatic rings. The quantitative estimate of drug-likeness (QED) is 0.838. The third-order valence-corrected chi connectivity index (χ3v) is 5.23. The molecule has 0 radical (unpaired) electrons. The summed E-state index contributed by atoms with van der Waals surface area (Å²) < 4.78 is 66.0. The van der Waals surface area contributed by atoms with Crippen LogP contribution in [0.4, 0.5) is 13.2 Å².